The first kappa shape index (κ1) is 21.8. The highest BCUT2D eigenvalue weighted by Gasteiger charge is 2.13. The summed E-state index contributed by atoms with van der Waals surface area (Å²) in [6, 6.07) is 7.50. The second-order valence-corrected chi connectivity index (χ2v) is 6.13. The molecule has 0 heterocycles. The Labute approximate surface area is 166 Å². The quantitative estimate of drug-likeness (QED) is 0.588. The average molecular weight is 405 g/mol. The normalized spacial score (nSPS) is 10.2. The van der Waals surface area contributed by atoms with Gasteiger partial charge in [-0.1, -0.05) is 0 Å². The van der Waals surface area contributed by atoms with E-state index in [4.69, 9.17) is 4.74 Å². The van der Waals surface area contributed by atoms with Crippen LogP contribution in [0.2, 0.25) is 0 Å². The minimum atomic E-state index is -0.952. The summed E-state index contributed by atoms with van der Waals surface area (Å²) in [5, 5.41) is 7.77. The van der Waals surface area contributed by atoms with Gasteiger partial charge >= 0.3 is 0 Å². The number of carbonyl (C=O) groups excluding carboxylic acids is 3. The first-order valence-electron chi connectivity index (χ1n) is 8.79. The fourth-order valence-electron chi connectivity index (χ4n) is 2.52. The van der Waals surface area contributed by atoms with Crippen molar-refractivity contribution in [3.8, 4) is 5.75 Å². The zero-order chi connectivity index (χ0) is 21.4. The number of anilines is 2. The van der Waals surface area contributed by atoms with Gasteiger partial charge in [0.15, 0.2) is 0 Å². The lowest BCUT2D eigenvalue weighted by Crippen LogP contribution is -2.26. The molecule has 7 nitrogen and oxygen atoms in total. The summed E-state index contributed by atoms with van der Waals surface area (Å²) < 4.78 is 31.6. The van der Waals surface area contributed by atoms with Crippen molar-refractivity contribution in [2.75, 3.05) is 24.3 Å². The predicted molar refractivity (Wildman–Crippen MR) is 104 cm³/mol. The van der Waals surface area contributed by atoms with E-state index in [1.54, 1.807) is 18.2 Å². The van der Waals surface area contributed by atoms with Gasteiger partial charge < -0.3 is 20.7 Å². The molecule has 0 aliphatic carbocycles. The Hall–Kier alpha value is -3.49. The van der Waals surface area contributed by atoms with E-state index in [0.717, 1.165) is 12.1 Å². The lowest BCUT2D eigenvalue weighted by molar-refractivity contribution is -0.116. The van der Waals surface area contributed by atoms with Crippen LogP contribution < -0.4 is 20.7 Å². The molecule has 0 aliphatic rings. The van der Waals surface area contributed by atoms with Crippen LogP contribution in [0.3, 0.4) is 0 Å². The van der Waals surface area contributed by atoms with Crippen molar-refractivity contribution in [2.24, 2.45) is 0 Å². The van der Waals surface area contributed by atoms with E-state index in [9.17, 15) is 23.2 Å². The molecule has 2 aromatic rings. The van der Waals surface area contributed by atoms with Gasteiger partial charge in [-0.25, -0.2) is 8.78 Å². The molecule has 0 spiro atoms. The molecule has 0 saturated carbocycles. The Balaban J connectivity index is 1.85. The van der Waals surface area contributed by atoms with Crippen LogP contribution in [0.25, 0.3) is 0 Å². The summed E-state index contributed by atoms with van der Waals surface area (Å²) >= 11 is 0. The fraction of sp³-hybridized carbons (Fsp3) is 0.250. The Kier molecular flexibility index (Phi) is 7.64. The fourth-order valence-corrected chi connectivity index (χ4v) is 2.52. The van der Waals surface area contributed by atoms with Crippen LogP contribution >= 0.6 is 0 Å². The zero-order valence-corrected chi connectivity index (χ0v) is 16.0. The van der Waals surface area contributed by atoms with Crippen molar-refractivity contribution < 1.29 is 27.9 Å². The number of nitrogens with one attached hydrogen (secondary N) is 3. The Morgan fingerprint density at radius 1 is 1.03 bits per heavy atom. The number of benzene rings is 2. The number of methoxy groups -OCH3 is 1. The minimum Gasteiger partial charge on any atom is -0.495 e. The average Bonchev–Trinajstić information content (AvgIpc) is 2.65. The Bertz CT molecular complexity index is 919. The van der Waals surface area contributed by atoms with Crippen molar-refractivity contribution >= 4 is 29.1 Å². The number of amides is 3. The summed E-state index contributed by atoms with van der Waals surface area (Å²) in [6.45, 7) is 1.50. The van der Waals surface area contributed by atoms with Gasteiger partial charge in [0, 0.05) is 31.6 Å². The number of hydrogen-bond acceptors (Lipinski definition) is 4. The first-order chi connectivity index (χ1) is 13.8. The van der Waals surface area contributed by atoms with E-state index >= 15 is 0 Å². The number of halogens is 2. The third-order valence-electron chi connectivity index (χ3n) is 3.84. The van der Waals surface area contributed by atoms with Crippen LogP contribution in [0.15, 0.2) is 36.4 Å². The van der Waals surface area contributed by atoms with Crippen LogP contribution in [0.1, 0.15) is 30.1 Å². The molecule has 3 N–H and O–H groups in total. The van der Waals surface area contributed by atoms with Crippen molar-refractivity contribution in [1.82, 2.24) is 5.32 Å². The Morgan fingerprint density at radius 3 is 2.45 bits per heavy atom. The number of hydrogen-bond donors (Lipinski definition) is 3. The van der Waals surface area contributed by atoms with E-state index < -0.39 is 17.5 Å². The lowest BCUT2D eigenvalue weighted by Gasteiger charge is -2.12. The second kappa shape index (κ2) is 10.2. The lowest BCUT2D eigenvalue weighted by atomic mass is 10.2. The third kappa shape index (κ3) is 6.56. The molecule has 2 rings (SSSR count). The highest BCUT2D eigenvalue weighted by atomic mass is 19.1. The number of ether oxygens (including phenoxy) is 1. The van der Waals surface area contributed by atoms with E-state index in [2.05, 4.69) is 16.0 Å². The van der Waals surface area contributed by atoms with E-state index in [1.807, 2.05) is 0 Å². The van der Waals surface area contributed by atoms with Crippen LogP contribution in [0, 0.1) is 11.6 Å². The molecular weight excluding hydrogens is 384 g/mol. The molecule has 0 unspecified atom stereocenters. The molecule has 0 bridgehead atoms. The van der Waals surface area contributed by atoms with Crippen molar-refractivity contribution in [1.29, 1.82) is 0 Å². The Morgan fingerprint density at radius 2 is 1.79 bits per heavy atom. The molecule has 0 aromatic heterocycles. The van der Waals surface area contributed by atoms with Gasteiger partial charge in [-0.2, -0.15) is 0 Å². The highest BCUT2D eigenvalue weighted by molar-refractivity contribution is 5.95. The summed E-state index contributed by atoms with van der Waals surface area (Å²) in [7, 11) is 1.45. The topological polar surface area (TPSA) is 96.5 Å². The van der Waals surface area contributed by atoms with Gasteiger partial charge in [-0.3, -0.25) is 14.4 Å². The molecule has 29 heavy (non-hydrogen) atoms. The van der Waals surface area contributed by atoms with E-state index in [1.165, 1.54) is 14.0 Å². The summed E-state index contributed by atoms with van der Waals surface area (Å²) in [5.74, 6) is -2.56. The van der Waals surface area contributed by atoms with Crippen LogP contribution in [0.4, 0.5) is 20.2 Å². The summed E-state index contributed by atoms with van der Waals surface area (Å²) in [4.78, 5) is 35.2. The van der Waals surface area contributed by atoms with Crippen LogP contribution in [-0.2, 0) is 9.59 Å². The second-order valence-electron chi connectivity index (χ2n) is 6.13. The third-order valence-corrected chi connectivity index (χ3v) is 3.84. The monoisotopic (exact) mass is 405 g/mol. The molecule has 154 valence electrons. The molecule has 0 fully saturated rings. The largest absolute Gasteiger partial charge is 0.495 e. The molecular formula is C20H21F2N3O4. The molecule has 9 heteroatoms. The smallest absolute Gasteiger partial charge is 0.254 e. The maximum atomic E-state index is 13.6. The van der Waals surface area contributed by atoms with Gasteiger partial charge in [-0.05, 0) is 36.8 Å². The van der Waals surface area contributed by atoms with Crippen molar-refractivity contribution in [2.45, 2.75) is 19.8 Å². The van der Waals surface area contributed by atoms with Gasteiger partial charge in [0.2, 0.25) is 11.8 Å². The van der Waals surface area contributed by atoms with E-state index in [0.29, 0.717) is 29.6 Å². The van der Waals surface area contributed by atoms with Crippen LogP contribution in [0.5, 0.6) is 5.75 Å². The van der Waals surface area contributed by atoms with Gasteiger partial charge in [-0.15, -0.1) is 0 Å². The highest BCUT2D eigenvalue weighted by Crippen LogP contribution is 2.28. The summed E-state index contributed by atoms with van der Waals surface area (Å²) in [6.07, 6.45) is 0.383. The van der Waals surface area contributed by atoms with E-state index in [-0.39, 0.29) is 30.3 Å². The summed E-state index contributed by atoms with van der Waals surface area (Å²) in [5.41, 5.74) is 0.624. The number of carbonyl (C=O) groups is 3. The maximum absolute atomic E-state index is 13.6. The molecule has 0 atom stereocenters. The number of rotatable bonds is 8. The molecule has 2 aromatic carbocycles. The maximum Gasteiger partial charge on any atom is 0.254 e. The predicted octanol–water partition coefficient (Wildman–Crippen LogP) is 3.08. The molecule has 0 aliphatic heterocycles. The van der Waals surface area contributed by atoms with Crippen molar-refractivity contribution in [3.63, 3.8) is 0 Å². The zero-order valence-electron chi connectivity index (χ0n) is 16.0. The van der Waals surface area contributed by atoms with Crippen LogP contribution in [-0.4, -0.2) is 31.4 Å². The molecule has 0 radical (unpaired) electrons. The van der Waals surface area contributed by atoms with Gasteiger partial charge in [0.05, 0.1) is 18.4 Å². The molecule has 0 saturated heterocycles. The van der Waals surface area contributed by atoms with Crippen molar-refractivity contribution in [3.05, 3.63) is 53.6 Å². The first-order valence-corrected chi connectivity index (χ1v) is 8.79. The SMILES string of the molecule is COc1ccc(NC(C)=O)cc1NC(=O)CCCNC(=O)c1ccc(F)cc1F. The van der Waals surface area contributed by atoms with Gasteiger partial charge in [0.1, 0.15) is 17.4 Å². The standard InChI is InChI=1S/C20H21F2N3O4/c1-12(26)24-14-6-8-18(29-2)17(11-14)25-19(27)4-3-9-23-20(28)15-7-5-13(21)10-16(15)22/h5-8,10-11H,3-4,9H2,1-2H3,(H,23,28)(H,24,26)(H,25,27). The van der Waals surface area contributed by atoms with Gasteiger partial charge in [0.25, 0.3) is 5.91 Å². The minimum absolute atomic E-state index is 0.0830. The molecule has 3 amide bonds.